The Kier molecular flexibility index (Phi) is 3.72. The van der Waals surface area contributed by atoms with Gasteiger partial charge in [0, 0.05) is 28.5 Å². The van der Waals surface area contributed by atoms with E-state index in [1.807, 2.05) is 12.3 Å². The van der Waals surface area contributed by atoms with Gasteiger partial charge in [0.15, 0.2) is 5.65 Å². The van der Waals surface area contributed by atoms with Crippen LogP contribution in [0, 0.1) is 0 Å². The number of aromatic nitrogens is 4. The average molecular weight is 419 g/mol. The zero-order valence-electron chi connectivity index (χ0n) is 12.2. The lowest BCUT2D eigenvalue weighted by molar-refractivity contribution is 0.102. The van der Waals surface area contributed by atoms with E-state index in [0.717, 1.165) is 15.8 Å². The van der Waals surface area contributed by atoms with E-state index in [2.05, 4.69) is 43.0 Å². The summed E-state index contributed by atoms with van der Waals surface area (Å²) >= 11 is 2.28. The molecule has 0 unspecified atom stereocenters. The number of carbonyl (C=O) groups is 1. The van der Waals surface area contributed by atoms with Gasteiger partial charge in [-0.2, -0.15) is 9.61 Å². The third-order valence-electron chi connectivity index (χ3n) is 3.87. The van der Waals surface area contributed by atoms with Gasteiger partial charge in [-0.25, -0.2) is 4.98 Å². The zero-order chi connectivity index (χ0) is 15.8. The molecule has 0 spiro atoms. The Balaban J connectivity index is 1.75. The van der Waals surface area contributed by atoms with E-state index < -0.39 is 0 Å². The van der Waals surface area contributed by atoms with E-state index in [1.165, 1.54) is 18.4 Å². The molecule has 0 aromatic carbocycles. The maximum atomic E-state index is 12.4. The van der Waals surface area contributed by atoms with Crippen molar-refractivity contribution in [3.8, 4) is 0 Å². The van der Waals surface area contributed by atoms with Gasteiger partial charge in [0.1, 0.15) is 5.82 Å². The molecule has 1 saturated carbocycles. The molecule has 0 radical (unpaired) electrons. The van der Waals surface area contributed by atoms with Crippen LogP contribution in [0.15, 0.2) is 36.8 Å². The van der Waals surface area contributed by atoms with Gasteiger partial charge < -0.3 is 5.32 Å². The van der Waals surface area contributed by atoms with E-state index in [9.17, 15) is 4.79 Å². The van der Waals surface area contributed by atoms with Crippen molar-refractivity contribution in [3.63, 3.8) is 0 Å². The molecule has 7 heteroatoms. The molecular formula is C16H14IN5O. The highest BCUT2D eigenvalue weighted by Gasteiger charge is 2.28. The molecule has 0 bridgehead atoms. The van der Waals surface area contributed by atoms with Crippen molar-refractivity contribution in [1.82, 2.24) is 19.6 Å². The fourth-order valence-corrected chi connectivity index (χ4v) is 2.95. The molecule has 3 aromatic rings. The molecule has 1 aliphatic rings. The molecular weight excluding hydrogens is 405 g/mol. The van der Waals surface area contributed by atoms with E-state index in [4.69, 9.17) is 0 Å². The number of fused-ring (bicyclic) bond motifs is 1. The van der Waals surface area contributed by atoms with Gasteiger partial charge in [0.2, 0.25) is 0 Å². The first-order valence-corrected chi connectivity index (χ1v) is 8.93. The van der Waals surface area contributed by atoms with Crippen LogP contribution < -0.4 is 5.32 Å². The highest BCUT2D eigenvalue weighted by atomic mass is 127. The lowest BCUT2D eigenvalue weighted by atomic mass is 10.2. The van der Waals surface area contributed by atoms with Gasteiger partial charge in [0.05, 0.1) is 17.5 Å². The fraction of sp³-hybridized carbons (Fsp3) is 0.250. The number of nitrogens with zero attached hydrogens (tertiary/aromatic N) is 4. The van der Waals surface area contributed by atoms with Crippen molar-refractivity contribution >= 4 is 40.0 Å². The van der Waals surface area contributed by atoms with Gasteiger partial charge in [-0.1, -0.05) is 22.6 Å². The number of pyridine rings is 1. The van der Waals surface area contributed by atoms with E-state index in [1.54, 1.807) is 29.0 Å². The maximum Gasteiger partial charge on any atom is 0.258 e. The Hall–Kier alpha value is -2.03. The van der Waals surface area contributed by atoms with Crippen LogP contribution in [0.1, 0.15) is 40.4 Å². The summed E-state index contributed by atoms with van der Waals surface area (Å²) in [6.07, 6.45) is 7.44. The molecule has 116 valence electrons. The quantitative estimate of drug-likeness (QED) is 0.521. The topological polar surface area (TPSA) is 72.2 Å². The summed E-state index contributed by atoms with van der Waals surface area (Å²) < 4.78 is 2.50. The normalized spacial score (nSPS) is 14.1. The predicted octanol–water partition coefficient (Wildman–Crippen LogP) is 3.19. The molecule has 1 N–H and O–H groups in total. The average Bonchev–Trinajstić information content (AvgIpc) is 3.34. The molecule has 4 rings (SSSR count). The molecule has 1 aliphatic carbocycles. The van der Waals surface area contributed by atoms with Crippen LogP contribution in [-0.2, 0) is 4.43 Å². The number of halogens is 1. The first-order valence-electron chi connectivity index (χ1n) is 7.41. The molecule has 1 amide bonds. The monoisotopic (exact) mass is 419 g/mol. The summed E-state index contributed by atoms with van der Waals surface area (Å²) in [6.45, 7) is 0. The Morgan fingerprint density at radius 2 is 2.26 bits per heavy atom. The summed E-state index contributed by atoms with van der Waals surface area (Å²) in [7, 11) is 0. The number of hydrogen-bond donors (Lipinski definition) is 1. The van der Waals surface area contributed by atoms with Crippen molar-refractivity contribution in [2.24, 2.45) is 0 Å². The molecule has 1 fully saturated rings. The first kappa shape index (κ1) is 14.6. The van der Waals surface area contributed by atoms with Gasteiger partial charge >= 0.3 is 0 Å². The summed E-state index contributed by atoms with van der Waals surface area (Å²) in [5, 5.41) is 7.35. The minimum atomic E-state index is -0.200. The highest BCUT2D eigenvalue weighted by Crippen LogP contribution is 2.41. The number of nitrogens with one attached hydrogen (secondary N) is 1. The van der Waals surface area contributed by atoms with Crippen molar-refractivity contribution in [2.75, 3.05) is 5.32 Å². The van der Waals surface area contributed by atoms with Gasteiger partial charge in [-0.3, -0.25) is 9.78 Å². The van der Waals surface area contributed by atoms with Gasteiger partial charge in [0.25, 0.3) is 5.91 Å². The smallest absolute Gasteiger partial charge is 0.258 e. The number of alkyl halides is 1. The van der Waals surface area contributed by atoms with Crippen LogP contribution in [-0.4, -0.2) is 25.5 Å². The summed E-state index contributed by atoms with van der Waals surface area (Å²) in [4.78, 5) is 21.1. The Labute approximate surface area is 146 Å². The van der Waals surface area contributed by atoms with Crippen LogP contribution in [0.2, 0.25) is 0 Å². The van der Waals surface area contributed by atoms with E-state index in [-0.39, 0.29) is 5.91 Å². The number of hydrogen-bond acceptors (Lipinski definition) is 4. The van der Waals surface area contributed by atoms with Crippen LogP contribution in [0.3, 0.4) is 0 Å². The van der Waals surface area contributed by atoms with Crippen LogP contribution in [0.25, 0.3) is 5.65 Å². The molecule has 0 saturated heterocycles. The second kappa shape index (κ2) is 5.88. The minimum absolute atomic E-state index is 0.200. The van der Waals surface area contributed by atoms with Gasteiger partial charge in [-0.05, 0) is 30.9 Å². The first-order chi connectivity index (χ1) is 11.3. The molecule has 0 atom stereocenters. The number of anilines is 1. The lowest BCUT2D eigenvalue weighted by Crippen LogP contribution is -2.15. The number of amides is 1. The van der Waals surface area contributed by atoms with Crippen molar-refractivity contribution in [2.45, 2.75) is 23.2 Å². The fourth-order valence-electron chi connectivity index (χ4n) is 2.56. The Morgan fingerprint density at radius 1 is 1.39 bits per heavy atom. The molecule has 23 heavy (non-hydrogen) atoms. The predicted molar refractivity (Wildman–Crippen MR) is 94.9 cm³/mol. The molecule has 3 aromatic heterocycles. The Bertz CT molecular complexity index is 873. The maximum absolute atomic E-state index is 12.4. The zero-order valence-corrected chi connectivity index (χ0v) is 14.4. The van der Waals surface area contributed by atoms with E-state index in [0.29, 0.717) is 17.3 Å². The largest absolute Gasteiger partial charge is 0.306 e. The second-order valence-corrected chi connectivity index (χ2v) is 6.33. The summed E-state index contributed by atoms with van der Waals surface area (Å²) in [5.74, 6) is 1.00. The van der Waals surface area contributed by atoms with E-state index >= 15 is 0 Å². The molecule has 0 aliphatic heterocycles. The van der Waals surface area contributed by atoms with Crippen molar-refractivity contribution in [3.05, 3.63) is 53.6 Å². The second-order valence-electron chi connectivity index (χ2n) is 5.57. The SMILES string of the molecule is O=C(Nc1cc(CI)nc2c(C3CC3)cnn12)c1cccnc1. The summed E-state index contributed by atoms with van der Waals surface area (Å²) in [5.41, 5.74) is 3.47. The molecule has 6 nitrogen and oxygen atoms in total. The van der Waals surface area contributed by atoms with Crippen LogP contribution >= 0.6 is 22.6 Å². The molecule has 3 heterocycles. The highest BCUT2D eigenvalue weighted by molar-refractivity contribution is 14.1. The number of carbonyl (C=O) groups excluding carboxylic acids is 1. The third kappa shape index (κ3) is 2.80. The third-order valence-corrected chi connectivity index (χ3v) is 4.65. The van der Waals surface area contributed by atoms with Crippen molar-refractivity contribution in [1.29, 1.82) is 0 Å². The van der Waals surface area contributed by atoms with Crippen molar-refractivity contribution < 1.29 is 4.79 Å². The number of rotatable bonds is 4. The van der Waals surface area contributed by atoms with Crippen LogP contribution in [0.5, 0.6) is 0 Å². The van der Waals surface area contributed by atoms with Crippen LogP contribution in [0.4, 0.5) is 5.82 Å². The Morgan fingerprint density at radius 3 is 2.96 bits per heavy atom. The lowest BCUT2D eigenvalue weighted by Gasteiger charge is -2.09. The van der Waals surface area contributed by atoms with Gasteiger partial charge in [-0.15, -0.1) is 0 Å². The minimum Gasteiger partial charge on any atom is -0.306 e. The summed E-state index contributed by atoms with van der Waals surface area (Å²) in [6, 6.07) is 5.35. The standard InChI is InChI=1S/C16H14IN5O/c17-7-12-6-14(21-16(23)11-2-1-5-18-8-11)22-15(20-12)13(9-19-22)10-3-4-10/h1-2,5-6,8-10H,3-4,7H2,(H,21,23).